The Morgan fingerprint density at radius 2 is 1.70 bits per heavy atom. The topological polar surface area (TPSA) is 173 Å². The number of hydrogen-bond donors (Lipinski definition) is 4. The number of Topliss-reactive ketones (excluding diaryl/α,β-unsaturated/α-hetero) is 1. The van der Waals surface area contributed by atoms with Crippen LogP contribution in [0.5, 0.6) is 0 Å². The van der Waals surface area contributed by atoms with Crippen molar-refractivity contribution in [3.05, 3.63) is 81.7 Å². The summed E-state index contributed by atoms with van der Waals surface area (Å²) in [6.07, 6.45) is 0.630. The van der Waals surface area contributed by atoms with Crippen LogP contribution in [0.15, 0.2) is 64.7 Å². The second-order valence-electron chi connectivity index (χ2n) is 10.5. The van der Waals surface area contributed by atoms with Crippen LogP contribution in [-0.2, 0) is 24.0 Å². The molecule has 14 heteroatoms. The lowest BCUT2D eigenvalue weighted by atomic mass is 9.96. The Balaban J connectivity index is 1.44. The number of carbonyl (C=O) groups excluding carboxylic acids is 4. The molecule has 3 aromatic rings. The number of fused-ring (bicyclic) bond motifs is 1. The van der Waals surface area contributed by atoms with E-state index < -0.39 is 60.2 Å². The van der Waals surface area contributed by atoms with Gasteiger partial charge in [-0.15, -0.1) is 0 Å². The fourth-order valence-electron chi connectivity index (χ4n) is 4.42. The Hall–Kier alpha value is -4.39. The van der Waals surface area contributed by atoms with E-state index in [1.165, 1.54) is 31.2 Å². The molecule has 0 spiro atoms. The van der Waals surface area contributed by atoms with Gasteiger partial charge in [-0.3, -0.25) is 29.5 Å². The maximum atomic E-state index is 13.3. The van der Waals surface area contributed by atoms with Gasteiger partial charge in [-0.25, -0.2) is 4.79 Å². The average molecular weight is 646 g/mol. The number of amides is 2. The molecule has 4 N–H and O–H groups in total. The minimum Gasteiger partial charge on any atom is -0.481 e. The lowest BCUT2D eigenvalue weighted by molar-refractivity contribution is -0.146. The Morgan fingerprint density at radius 3 is 2.34 bits per heavy atom. The van der Waals surface area contributed by atoms with Crippen molar-refractivity contribution in [2.75, 3.05) is 6.61 Å². The summed E-state index contributed by atoms with van der Waals surface area (Å²) in [4.78, 5) is 68.7. The summed E-state index contributed by atoms with van der Waals surface area (Å²) in [7, 11) is 0. The first-order chi connectivity index (χ1) is 20.8. The Bertz CT molecular complexity index is 1600. The number of nitrogens with one attached hydrogen (secondary N) is 3. The molecule has 1 aliphatic rings. The molecule has 1 aliphatic heterocycles. The molecule has 0 saturated heterocycles. The molecule has 0 bridgehead atoms. The summed E-state index contributed by atoms with van der Waals surface area (Å²) in [6.45, 7) is 4.22. The number of furan rings is 1. The quantitative estimate of drug-likeness (QED) is 0.210. The summed E-state index contributed by atoms with van der Waals surface area (Å²) in [5.41, 5.74) is 1.71. The molecule has 12 nitrogen and oxygen atoms in total. The van der Waals surface area contributed by atoms with E-state index in [9.17, 15) is 29.1 Å². The molecule has 1 unspecified atom stereocenters. The van der Waals surface area contributed by atoms with Gasteiger partial charge in [-0.05, 0) is 43.2 Å². The summed E-state index contributed by atoms with van der Waals surface area (Å²) in [5.74, 6) is -4.69. The number of hydrogen-bond acceptors (Lipinski definition) is 9. The maximum Gasteiger partial charge on any atom is 0.341 e. The van der Waals surface area contributed by atoms with Gasteiger partial charge in [0.2, 0.25) is 0 Å². The molecule has 44 heavy (non-hydrogen) atoms. The van der Waals surface area contributed by atoms with E-state index in [0.29, 0.717) is 11.3 Å². The van der Waals surface area contributed by atoms with Gasteiger partial charge in [0, 0.05) is 5.39 Å². The first-order valence-electron chi connectivity index (χ1n) is 13.4. The van der Waals surface area contributed by atoms with E-state index in [0.717, 1.165) is 5.39 Å². The molecule has 0 saturated carbocycles. The SMILES string of the molecule is CC(C)[C@H](NC(=O)c1cc2ccccc2o1)C1=CC(C)(C(=O)N[C@@H](CC(=O)O)C(=O)COC(=O)c2c(Cl)cccc2Cl)ON1. The predicted molar refractivity (Wildman–Crippen MR) is 159 cm³/mol. The van der Waals surface area contributed by atoms with Gasteiger partial charge in [0.15, 0.2) is 23.8 Å². The zero-order chi connectivity index (χ0) is 32.2. The van der Waals surface area contributed by atoms with E-state index in [1.54, 1.807) is 18.2 Å². The molecule has 4 rings (SSSR count). The second-order valence-corrected chi connectivity index (χ2v) is 11.3. The third-order valence-electron chi connectivity index (χ3n) is 6.79. The highest BCUT2D eigenvalue weighted by molar-refractivity contribution is 6.39. The van der Waals surface area contributed by atoms with Crippen molar-refractivity contribution in [1.82, 2.24) is 16.1 Å². The number of carbonyl (C=O) groups is 5. The molecule has 0 radical (unpaired) electrons. The summed E-state index contributed by atoms with van der Waals surface area (Å²) in [5, 5.41) is 15.4. The van der Waals surface area contributed by atoms with E-state index in [4.69, 9.17) is 37.2 Å². The molecular formula is C30H29Cl2N3O9. The number of ketones is 1. The van der Waals surface area contributed by atoms with Gasteiger partial charge in [-0.2, -0.15) is 0 Å². The minimum absolute atomic E-state index is 0.000200. The van der Waals surface area contributed by atoms with Gasteiger partial charge in [0.25, 0.3) is 11.8 Å². The van der Waals surface area contributed by atoms with Crippen molar-refractivity contribution in [3.63, 3.8) is 0 Å². The van der Waals surface area contributed by atoms with Crippen LogP contribution in [-0.4, -0.2) is 58.9 Å². The van der Waals surface area contributed by atoms with Crippen molar-refractivity contribution in [2.24, 2.45) is 5.92 Å². The zero-order valence-electron chi connectivity index (χ0n) is 23.8. The number of halogens is 2. The highest BCUT2D eigenvalue weighted by Gasteiger charge is 2.42. The van der Waals surface area contributed by atoms with Crippen LogP contribution in [0.2, 0.25) is 10.0 Å². The fraction of sp³-hybridized carbons (Fsp3) is 0.300. The third kappa shape index (κ3) is 7.39. The monoisotopic (exact) mass is 645 g/mol. The lowest BCUT2D eigenvalue weighted by Gasteiger charge is -2.23. The van der Waals surface area contributed by atoms with Crippen LogP contribution in [0, 0.1) is 5.92 Å². The van der Waals surface area contributed by atoms with Gasteiger partial charge in [-0.1, -0.05) is 61.3 Å². The zero-order valence-corrected chi connectivity index (χ0v) is 25.3. The van der Waals surface area contributed by atoms with Crippen molar-refractivity contribution < 1.29 is 43.1 Å². The molecule has 3 atom stereocenters. The number of ether oxygens (including phenoxy) is 1. The molecule has 232 valence electrons. The summed E-state index contributed by atoms with van der Waals surface area (Å²) < 4.78 is 10.7. The lowest BCUT2D eigenvalue weighted by Crippen LogP contribution is -2.52. The second kappa shape index (κ2) is 13.5. The highest BCUT2D eigenvalue weighted by Crippen LogP contribution is 2.27. The van der Waals surface area contributed by atoms with Gasteiger partial charge < -0.3 is 24.9 Å². The molecule has 2 aromatic carbocycles. The molecule has 2 amide bonds. The van der Waals surface area contributed by atoms with Crippen LogP contribution in [0.3, 0.4) is 0 Å². The normalized spacial score (nSPS) is 17.4. The predicted octanol–water partition coefficient (Wildman–Crippen LogP) is 4.06. The number of hydroxylamine groups is 1. The number of aliphatic carboxylic acids is 1. The van der Waals surface area contributed by atoms with Crippen molar-refractivity contribution in [2.45, 2.75) is 44.9 Å². The fourth-order valence-corrected chi connectivity index (χ4v) is 4.97. The largest absolute Gasteiger partial charge is 0.481 e. The first kappa shape index (κ1) is 32.5. The first-order valence-corrected chi connectivity index (χ1v) is 14.2. The van der Waals surface area contributed by atoms with Crippen molar-refractivity contribution in [3.8, 4) is 0 Å². The number of benzene rings is 2. The molecule has 2 heterocycles. The van der Waals surface area contributed by atoms with E-state index in [2.05, 4.69) is 16.1 Å². The molecule has 0 fully saturated rings. The van der Waals surface area contributed by atoms with Crippen LogP contribution >= 0.6 is 23.2 Å². The number of carboxylic acid groups (broad SMARTS) is 1. The van der Waals surface area contributed by atoms with Crippen LogP contribution in [0.1, 0.15) is 48.1 Å². The Kier molecular flexibility index (Phi) is 9.98. The van der Waals surface area contributed by atoms with Gasteiger partial charge in [0.05, 0.1) is 33.8 Å². The van der Waals surface area contributed by atoms with Gasteiger partial charge in [0.1, 0.15) is 11.6 Å². The Labute approximate surface area is 261 Å². The van der Waals surface area contributed by atoms with Crippen LogP contribution < -0.4 is 16.1 Å². The number of para-hydroxylation sites is 1. The van der Waals surface area contributed by atoms with Gasteiger partial charge >= 0.3 is 11.9 Å². The number of esters is 1. The summed E-state index contributed by atoms with van der Waals surface area (Å²) >= 11 is 12.0. The average Bonchev–Trinajstić information content (AvgIpc) is 3.58. The smallest absolute Gasteiger partial charge is 0.341 e. The minimum atomic E-state index is -1.70. The summed E-state index contributed by atoms with van der Waals surface area (Å²) in [6, 6.07) is 10.9. The molecule has 0 aliphatic carbocycles. The van der Waals surface area contributed by atoms with E-state index >= 15 is 0 Å². The number of carboxylic acids is 1. The van der Waals surface area contributed by atoms with Crippen molar-refractivity contribution in [1.29, 1.82) is 0 Å². The van der Waals surface area contributed by atoms with E-state index in [1.807, 2.05) is 26.0 Å². The Morgan fingerprint density at radius 1 is 1.02 bits per heavy atom. The van der Waals surface area contributed by atoms with Crippen molar-refractivity contribution >= 4 is 63.7 Å². The molecular weight excluding hydrogens is 617 g/mol. The standard InChI is InChI=1S/C30H29Cl2N3O9/c1-15(2)26(34-27(39)23-11-16-7-4-5-10-22(16)43-23)20-13-30(3,44-35-20)29(41)33-19(12-24(37)38)21(36)14-42-28(40)25-17(31)8-6-9-18(25)32/h4-11,13,15,19,26,35H,12,14H2,1-3H3,(H,33,41)(H,34,39)(H,37,38)/t19-,26-,30?/m0/s1. The van der Waals surface area contributed by atoms with Crippen LogP contribution in [0.25, 0.3) is 11.0 Å². The maximum absolute atomic E-state index is 13.3. The highest BCUT2D eigenvalue weighted by atomic mass is 35.5. The third-order valence-corrected chi connectivity index (χ3v) is 7.42. The van der Waals surface area contributed by atoms with E-state index in [-0.39, 0.29) is 27.3 Å². The van der Waals surface area contributed by atoms with Crippen LogP contribution in [0.4, 0.5) is 0 Å². The number of rotatable bonds is 12. The molecule has 1 aromatic heterocycles.